The molecule has 2 aliphatic rings. The Morgan fingerprint density at radius 1 is 0.352 bits per heavy atom. The van der Waals surface area contributed by atoms with E-state index < -0.39 is 0 Å². The predicted molar refractivity (Wildman–Crippen MR) is 235 cm³/mol. The average molecular weight is 697 g/mol. The summed E-state index contributed by atoms with van der Waals surface area (Å²) in [7, 11) is 0. The van der Waals surface area contributed by atoms with Crippen molar-refractivity contribution in [3.8, 4) is 0 Å². The second kappa shape index (κ2) is 15.0. The van der Waals surface area contributed by atoms with Crippen LogP contribution in [0.25, 0.3) is 0 Å². The van der Waals surface area contributed by atoms with Gasteiger partial charge in [0.2, 0.25) is 13.4 Å². The van der Waals surface area contributed by atoms with Crippen molar-refractivity contribution in [3.63, 3.8) is 0 Å². The fourth-order valence-electron chi connectivity index (χ4n) is 9.13. The van der Waals surface area contributed by atoms with Gasteiger partial charge in [0.05, 0.1) is 0 Å². The highest BCUT2D eigenvalue weighted by molar-refractivity contribution is 7.01. The fourth-order valence-corrected chi connectivity index (χ4v) is 9.13. The van der Waals surface area contributed by atoms with Gasteiger partial charge in [0, 0.05) is 34.1 Å². The smallest absolute Gasteiger partial charge is 0.246 e. The van der Waals surface area contributed by atoms with Gasteiger partial charge in [-0.25, -0.2) is 0 Å². The first-order chi connectivity index (χ1) is 26.8. The topological polar surface area (TPSA) is 6.48 Å². The normalized spacial score (nSPS) is 12.9. The van der Waals surface area contributed by atoms with E-state index in [1.165, 1.54) is 104 Å². The van der Waals surface area contributed by atoms with Gasteiger partial charge in [-0.2, -0.15) is 0 Å². The van der Waals surface area contributed by atoms with Gasteiger partial charge in [-0.05, 0) is 90.0 Å². The Morgan fingerprint density at radius 3 is 1.15 bits per heavy atom. The first-order valence-corrected chi connectivity index (χ1v) is 20.0. The van der Waals surface area contributed by atoms with Crippen LogP contribution < -0.4 is 42.6 Å². The standard InChI is InChI=1S/C50H46B2N2/c1-3-5-21-37-23-13-15-29-41(37)51-43-31-17-19-33-47(43)53(39-25-9-7-10-26-39)49-36-50-46(35-45(49)51)52(42-30-16-14-24-38(42)22-6-4-2)44-32-18-20-34-48(44)54(50)40-27-11-8-12-28-40/h7-20,23-36H,3-6,21-22H2,1-2H3. The average Bonchev–Trinajstić information content (AvgIpc) is 3.23. The fraction of sp³-hybridized carbons (Fsp3) is 0.160. The highest BCUT2D eigenvalue weighted by Gasteiger charge is 2.42. The molecule has 0 saturated heterocycles. The van der Waals surface area contributed by atoms with Gasteiger partial charge in [0.1, 0.15) is 0 Å². The van der Waals surface area contributed by atoms with Crippen molar-refractivity contribution < 1.29 is 0 Å². The number of unbranched alkanes of at least 4 members (excludes halogenated alkanes) is 2. The molecule has 2 aliphatic heterocycles. The van der Waals surface area contributed by atoms with E-state index in [1.54, 1.807) is 0 Å². The maximum Gasteiger partial charge on any atom is 0.246 e. The molecule has 262 valence electrons. The summed E-state index contributed by atoms with van der Waals surface area (Å²) >= 11 is 0. The third-order valence-corrected chi connectivity index (χ3v) is 11.6. The molecule has 0 aromatic heterocycles. The Balaban J connectivity index is 1.38. The van der Waals surface area contributed by atoms with Gasteiger partial charge in [0.25, 0.3) is 0 Å². The number of fused-ring (bicyclic) bond motifs is 4. The molecule has 2 heterocycles. The molecule has 0 N–H and O–H groups in total. The molecule has 0 bridgehead atoms. The van der Waals surface area contributed by atoms with E-state index >= 15 is 0 Å². The van der Waals surface area contributed by atoms with Crippen molar-refractivity contribution in [1.82, 2.24) is 0 Å². The summed E-state index contributed by atoms with van der Waals surface area (Å²) in [6, 6.07) is 63.8. The third-order valence-electron chi connectivity index (χ3n) is 11.6. The summed E-state index contributed by atoms with van der Waals surface area (Å²) in [5, 5.41) is 0. The lowest BCUT2D eigenvalue weighted by Crippen LogP contribution is -2.62. The van der Waals surface area contributed by atoms with Gasteiger partial charge in [-0.1, -0.05) is 176 Å². The summed E-state index contributed by atoms with van der Waals surface area (Å²) in [4.78, 5) is 5.04. The largest absolute Gasteiger partial charge is 0.311 e. The zero-order valence-corrected chi connectivity index (χ0v) is 31.5. The predicted octanol–water partition coefficient (Wildman–Crippen LogP) is 8.97. The lowest BCUT2D eigenvalue weighted by molar-refractivity contribution is 0.797. The van der Waals surface area contributed by atoms with E-state index in [9.17, 15) is 0 Å². The van der Waals surface area contributed by atoms with E-state index in [2.05, 4.69) is 194 Å². The van der Waals surface area contributed by atoms with Crippen molar-refractivity contribution in [2.24, 2.45) is 0 Å². The molecule has 7 aromatic rings. The molecule has 0 spiro atoms. The van der Waals surface area contributed by atoms with Crippen LogP contribution in [0.15, 0.2) is 170 Å². The Kier molecular flexibility index (Phi) is 9.43. The van der Waals surface area contributed by atoms with E-state index in [4.69, 9.17) is 0 Å². The quantitative estimate of drug-likeness (QED) is 0.132. The van der Waals surface area contributed by atoms with E-state index in [0.29, 0.717) is 0 Å². The van der Waals surface area contributed by atoms with E-state index in [-0.39, 0.29) is 13.4 Å². The number of para-hydroxylation sites is 4. The molecule has 0 atom stereocenters. The third kappa shape index (κ3) is 5.95. The summed E-state index contributed by atoms with van der Waals surface area (Å²) in [6.07, 6.45) is 6.87. The maximum absolute atomic E-state index is 2.62. The van der Waals surface area contributed by atoms with Gasteiger partial charge in [0.15, 0.2) is 0 Å². The van der Waals surface area contributed by atoms with Crippen molar-refractivity contribution in [2.45, 2.75) is 52.4 Å². The summed E-state index contributed by atoms with van der Waals surface area (Å²) in [6.45, 7) is 4.78. The molecule has 2 nitrogen and oxygen atoms in total. The van der Waals surface area contributed by atoms with Crippen LogP contribution in [0, 0.1) is 0 Å². The second-order valence-corrected chi connectivity index (χ2v) is 14.9. The Labute approximate surface area is 322 Å². The number of aryl methyl sites for hydroxylation is 2. The zero-order chi connectivity index (χ0) is 36.4. The molecule has 0 saturated carbocycles. The molecular formula is C50H46B2N2. The number of hydrogen-bond donors (Lipinski definition) is 0. The maximum atomic E-state index is 2.62. The van der Waals surface area contributed by atoms with Gasteiger partial charge in [-0.3, -0.25) is 0 Å². The zero-order valence-electron chi connectivity index (χ0n) is 31.5. The summed E-state index contributed by atoms with van der Waals surface area (Å²) < 4.78 is 0. The number of benzene rings is 7. The molecule has 9 rings (SSSR count). The molecular weight excluding hydrogens is 650 g/mol. The van der Waals surface area contributed by atoms with Crippen LogP contribution in [-0.4, -0.2) is 13.4 Å². The Morgan fingerprint density at radius 2 is 0.722 bits per heavy atom. The van der Waals surface area contributed by atoms with Crippen LogP contribution in [0.2, 0.25) is 0 Å². The molecule has 0 amide bonds. The number of rotatable bonds is 10. The molecule has 0 radical (unpaired) electrons. The summed E-state index contributed by atoms with van der Waals surface area (Å²) in [5.41, 5.74) is 18.5. The molecule has 0 unspecified atom stereocenters. The molecule has 4 heteroatoms. The number of nitrogens with zero attached hydrogens (tertiary/aromatic N) is 2. The van der Waals surface area contributed by atoms with Crippen LogP contribution >= 0.6 is 0 Å². The van der Waals surface area contributed by atoms with E-state index in [0.717, 1.165) is 12.8 Å². The lowest BCUT2D eigenvalue weighted by atomic mass is 9.31. The minimum atomic E-state index is 0.0906. The van der Waals surface area contributed by atoms with Crippen LogP contribution in [0.4, 0.5) is 34.1 Å². The van der Waals surface area contributed by atoms with Crippen molar-refractivity contribution in [3.05, 3.63) is 181 Å². The Bertz CT molecular complexity index is 2240. The molecule has 7 aromatic carbocycles. The first kappa shape index (κ1) is 34.1. The number of anilines is 6. The minimum absolute atomic E-state index is 0.0906. The molecule has 0 aliphatic carbocycles. The lowest BCUT2D eigenvalue weighted by Gasteiger charge is -2.42. The highest BCUT2D eigenvalue weighted by Crippen LogP contribution is 2.42. The van der Waals surface area contributed by atoms with Crippen molar-refractivity contribution >= 4 is 80.3 Å². The summed E-state index contributed by atoms with van der Waals surface area (Å²) in [5.74, 6) is 0. The van der Waals surface area contributed by atoms with Gasteiger partial charge < -0.3 is 9.80 Å². The second-order valence-electron chi connectivity index (χ2n) is 14.9. The van der Waals surface area contributed by atoms with Crippen LogP contribution in [0.1, 0.15) is 50.7 Å². The van der Waals surface area contributed by atoms with E-state index in [1.807, 2.05) is 0 Å². The molecule has 54 heavy (non-hydrogen) atoms. The van der Waals surface area contributed by atoms with Crippen LogP contribution in [-0.2, 0) is 12.8 Å². The van der Waals surface area contributed by atoms with Gasteiger partial charge >= 0.3 is 0 Å². The SMILES string of the molecule is CCCCc1ccccc1B1c2ccccc2N(c2ccccc2)c2cc3c(cc21)B(c1ccccc1CCCC)c1ccccc1N3c1ccccc1. The van der Waals surface area contributed by atoms with Crippen LogP contribution in [0.5, 0.6) is 0 Å². The first-order valence-electron chi connectivity index (χ1n) is 20.0. The van der Waals surface area contributed by atoms with Crippen LogP contribution in [0.3, 0.4) is 0 Å². The molecule has 0 fully saturated rings. The minimum Gasteiger partial charge on any atom is -0.311 e. The van der Waals surface area contributed by atoms with Crippen molar-refractivity contribution in [2.75, 3.05) is 9.80 Å². The van der Waals surface area contributed by atoms with Crippen molar-refractivity contribution in [1.29, 1.82) is 0 Å². The highest BCUT2D eigenvalue weighted by atomic mass is 15.2. The van der Waals surface area contributed by atoms with Gasteiger partial charge in [-0.15, -0.1) is 0 Å². The monoisotopic (exact) mass is 696 g/mol. The Hall–Kier alpha value is -5.73. The number of hydrogen-bond acceptors (Lipinski definition) is 2.